The molecule has 1 aliphatic rings. The Morgan fingerprint density at radius 1 is 1.33 bits per heavy atom. The minimum atomic E-state index is -2.94. The molecule has 5 nitrogen and oxygen atoms in total. The van der Waals surface area contributed by atoms with Gasteiger partial charge in [-0.2, -0.15) is 0 Å². The second-order valence-electron chi connectivity index (χ2n) is 4.90. The first-order valence-corrected chi connectivity index (χ1v) is 9.51. The smallest absolute Gasteiger partial charge is 0.206 e. The van der Waals surface area contributed by atoms with Gasteiger partial charge >= 0.3 is 0 Å². The van der Waals surface area contributed by atoms with E-state index in [2.05, 4.69) is 15.5 Å². The first kappa shape index (κ1) is 14.7. The van der Waals surface area contributed by atoms with Crippen LogP contribution in [0.25, 0.3) is 10.6 Å². The average molecular weight is 344 g/mol. The van der Waals surface area contributed by atoms with Crippen molar-refractivity contribution in [2.75, 3.05) is 17.6 Å². The van der Waals surface area contributed by atoms with Crippen molar-refractivity contribution in [1.29, 1.82) is 0 Å². The lowest BCUT2D eigenvalue weighted by molar-refractivity contribution is 0.591. The van der Waals surface area contributed by atoms with Crippen molar-refractivity contribution in [1.82, 2.24) is 10.2 Å². The molecule has 1 saturated heterocycles. The SMILES string of the molecule is O=S1(=O)CCC[C@H]1CNc1nnc(-c2ccccc2Cl)s1. The van der Waals surface area contributed by atoms with Gasteiger partial charge in [0.2, 0.25) is 5.13 Å². The van der Waals surface area contributed by atoms with Crippen molar-refractivity contribution >= 4 is 37.9 Å². The molecule has 0 amide bonds. The van der Waals surface area contributed by atoms with E-state index in [1.165, 1.54) is 11.3 Å². The highest BCUT2D eigenvalue weighted by Gasteiger charge is 2.31. The number of halogens is 1. The Balaban J connectivity index is 1.70. The van der Waals surface area contributed by atoms with E-state index >= 15 is 0 Å². The third kappa shape index (κ3) is 3.20. The number of nitrogens with zero attached hydrogens (tertiary/aromatic N) is 2. The number of rotatable bonds is 4. The quantitative estimate of drug-likeness (QED) is 0.924. The minimum absolute atomic E-state index is 0.292. The maximum Gasteiger partial charge on any atom is 0.206 e. The fourth-order valence-electron chi connectivity index (χ4n) is 2.33. The Morgan fingerprint density at radius 3 is 2.86 bits per heavy atom. The normalized spacial score (nSPS) is 20.5. The molecule has 1 atom stereocenters. The highest BCUT2D eigenvalue weighted by molar-refractivity contribution is 7.92. The topological polar surface area (TPSA) is 72.0 Å². The number of sulfone groups is 1. The lowest BCUT2D eigenvalue weighted by Crippen LogP contribution is -2.24. The second-order valence-corrected chi connectivity index (χ2v) is 8.69. The number of hydrogen-bond acceptors (Lipinski definition) is 6. The number of aromatic nitrogens is 2. The van der Waals surface area contributed by atoms with Crippen LogP contribution in [0, 0.1) is 0 Å². The molecule has 2 aromatic rings. The Labute approximate surface area is 132 Å². The molecule has 0 unspecified atom stereocenters. The number of benzene rings is 1. The van der Waals surface area contributed by atoms with Crippen LogP contribution < -0.4 is 5.32 Å². The van der Waals surface area contributed by atoms with Gasteiger partial charge in [-0.25, -0.2) is 8.42 Å². The van der Waals surface area contributed by atoms with E-state index in [9.17, 15) is 8.42 Å². The highest BCUT2D eigenvalue weighted by atomic mass is 35.5. The second kappa shape index (κ2) is 5.90. The van der Waals surface area contributed by atoms with Crippen molar-refractivity contribution in [3.8, 4) is 10.6 Å². The summed E-state index contributed by atoms with van der Waals surface area (Å²) in [6.07, 6.45) is 1.46. The molecule has 0 spiro atoms. The summed E-state index contributed by atoms with van der Waals surface area (Å²) < 4.78 is 23.5. The molecule has 0 bridgehead atoms. The maximum absolute atomic E-state index is 11.8. The predicted octanol–water partition coefficient (Wildman–Crippen LogP) is 2.85. The standard InChI is InChI=1S/C13H14ClN3O2S2/c14-11-6-2-1-5-10(11)12-16-17-13(20-12)15-8-9-4-3-7-21(9,18)19/h1-2,5-6,9H,3-4,7-8H2,(H,15,17)/t9-/m0/s1. The monoisotopic (exact) mass is 343 g/mol. The molecule has 1 N–H and O–H groups in total. The molecule has 1 aromatic heterocycles. The molecule has 1 aromatic carbocycles. The summed E-state index contributed by atoms with van der Waals surface area (Å²) in [7, 11) is -2.94. The molecule has 112 valence electrons. The Morgan fingerprint density at radius 2 is 2.14 bits per heavy atom. The molecule has 2 heterocycles. The van der Waals surface area contributed by atoms with E-state index in [0.29, 0.717) is 28.9 Å². The van der Waals surface area contributed by atoms with Crippen LogP contribution in [0.4, 0.5) is 5.13 Å². The average Bonchev–Trinajstić information content (AvgIpc) is 3.03. The summed E-state index contributed by atoms with van der Waals surface area (Å²) in [5.74, 6) is 0.292. The van der Waals surface area contributed by atoms with E-state index in [-0.39, 0.29) is 5.25 Å². The zero-order valence-corrected chi connectivity index (χ0v) is 13.5. The van der Waals surface area contributed by atoms with E-state index in [0.717, 1.165) is 17.0 Å². The van der Waals surface area contributed by atoms with Crippen LogP contribution >= 0.6 is 22.9 Å². The molecule has 3 rings (SSSR count). The number of anilines is 1. The molecule has 1 fully saturated rings. The van der Waals surface area contributed by atoms with Crippen LogP contribution in [0.3, 0.4) is 0 Å². The molecular formula is C13H14ClN3O2S2. The Bertz CT molecular complexity index is 745. The van der Waals surface area contributed by atoms with Gasteiger partial charge in [-0.05, 0) is 18.9 Å². The molecule has 8 heteroatoms. The van der Waals surface area contributed by atoms with E-state index < -0.39 is 9.84 Å². The largest absolute Gasteiger partial charge is 0.359 e. The van der Waals surface area contributed by atoms with Crippen LogP contribution in [0.1, 0.15) is 12.8 Å². The summed E-state index contributed by atoms with van der Waals surface area (Å²) in [6, 6.07) is 7.43. The zero-order chi connectivity index (χ0) is 14.9. The van der Waals surface area contributed by atoms with Crippen molar-refractivity contribution in [3.05, 3.63) is 29.3 Å². The van der Waals surface area contributed by atoms with Gasteiger partial charge in [0.1, 0.15) is 0 Å². The van der Waals surface area contributed by atoms with Gasteiger partial charge in [-0.1, -0.05) is 41.1 Å². The van der Waals surface area contributed by atoms with Gasteiger partial charge in [0.25, 0.3) is 0 Å². The van der Waals surface area contributed by atoms with E-state index in [1.54, 1.807) is 6.07 Å². The highest BCUT2D eigenvalue weighted by Crippen LogP contribution is 2.31. The summed E-state index contributed by atoms with van der Waals surface area (Å²) in [5.41, 5.74) is 0.832. The lowest BCUT2D eigenvalue weighted by Gasteiger charge is -2.08. The Hall–Kier alpha value is -1.18. The van der Waals surface area contributed by atoms with Crippen LogP contribution in [0.2, 0.25) is 5.02 Å². The van der Waals surface area contributed by atoms with Gasteiger partial charge in [0.05, 0.1) is 16.0 Å². The van der Waals surface area contributed by atoms with Gasteiger partial charge in [0.15, 0.2) is 14.8 Å². The lowest BCUT2D eigenvalue weighted by atomic mass is 10.2. The fraction of sp³-hybridized carbons (Fsp3) is 0.385. The third-order valence-corrected chi connectivity index (χ3v) is 6.99. The summed E-state index contributed by atoms with van der Waals surface area (Å²) in [5, 5.41) is 12.9. The summed E-state index contributed by atoms with van der Waals surface area (Å²) >= 11 is 7.50. The van der Waals surface area contributed by atoms with Crippen LogP contribution in [0.15, 0.2) is 24.3 Å². The fourth-order valence-corrected chi connectivity index (χ4v) is 5.16. The summed E-state index contributed by atoms with van der Waals surface area (Å²) in [4.78, 5) is 0. The first-order chi connectivity index (χ1) is 10.1. The predicted molar refractivity (Wildman–Crippen MR) is 85.7 cm³/mol. The minimum Gasteiger partial charge on any atom is -0.359 e. The molecule has 0 saturated carbocycles. The van der Waals surface area contributed by atoms with Crippen molar-refractivity contribution in [2.24, 2.45) is 0 Å². The van der Waals surface area contributed by atoms with E-state index in [4.69, 9.17) is 11.6 Å². The van der Waals surface area contributed by atoms with Crippen LogP contribution in [-0.4, -0.2) is 36.2 Å². The number of nitrogens with one attached hydrogen (secondary N) is 1. The first-order valence-electron chi connectivity index (χ1n) is 6.60. The molecule has 0 radical (unpaired) electrons. The van der Waals surface area contributed by atoms with Crippen LogP contribution in [-0.2, 0) is 9.84 Å². The number of hydrogen-bond donors (Lipinski definition) is 1. The van der Waals surface area contributed by atoms with Gasteiger partial charge in [0, 0.05) is 12.1 Å². The Kier molecular flexibility index (Phi) is 4.14. The van der Waals surface area contributed by atoms with E-state index in [1.807, 2.05) is 18.2 Å². The van der Waals surface area contributed by atoms with Gasteiger partial charge in [-0.3, -0.25) is 0 Å². The van der Waals surface area contributed by atoms with Crippen molar-refractivity contribution < 1.29 is 8.42 Å². The third-order valence-electron chi connectivity index (χ3n) is 3.47. The molecule has 1 aliphatic heterocycles. The van der Waals surface area contributed by atoms with Crippen molar-refractivity contribution in [3.63, 3.8) is 0 Å². The van der Waals surface area contributed by atoms with Gasteiger partial charge < -0.3 is 5.32 Å². The van der Waals surface area contributed by atoms with Crippen molar-refractivity contribution in [2.45, 2.75) is 18.1 Å². The molecule has 0 aliphatic carbocycles. The summed E-state index contributed by atoms with van der Waals surface area (Å²) in [6.45, 7) is 0.388. The zero-order valence-electron chi connectivity index (χ0n) is 11.1. The van der Waals surface area contributed by atoms with Gasteiger partial charge in [-0.15, -0.1) is 10.2 Å². The molecule has 21 heavy (non-hydrogen) atoms. The maximum atomic E-state index is 11.8. The van der Waals surface area contributed by atoms with Crippen LogP contribution in [0.5, 0.6) is 0 Å². The molecular weight excluding hydrogens is 330 g/mol.